The van der Waals surface area contributed by atoms with Crippen LogP contribution < -0.4 is 0.0314 Å². The molecule has 0 saturated carbocycles. The Morgan fingerprint density at radius 3 is 1.17 bits per heavy atom. The van der Waals surface area contributed by atoms with Gasteiger partial charge in [-0.15, -0.1) is 0 Å². The van der Waals surface area contributed by atoms with E-state index in [1.807, 2.05) is 0 Å². The Bertz CT molecular complexity index is 219. The number of benzene rings is 1. The molecule has 0 aliphatic heterocycles. The average molecular weight is 280 g/mol. The van der Waals surface area contributed by atoms with E-state index in [-0.39, 0.29) is 0 Å². The third kappa shape index (κ3) is 1.68. The number of hydrogen-bond donors (Lipinski definition) is 0. The van der Waals surface area contributed by atoms with Gasteiger partial charge in [-0.25, -0.2) is 0 Å². The van der Waals surface area contributed by atoms with Gasteiger partial charge in [0, 0.05) is 0 Å². The molecule has 0 radical (unpaired) electrons. The van der Waals surface area contributed by atoms with Crippen LogP contribution in [0.15, 0.2) is 0 Å². The van der Waals surface area contributed by atoms with Crippen LogP contribution in [-0.4, -0.2) is 0 Å². The number of rotatable bonds is 0. The molecule has 0 aliphatic carbocycles. The summed E-state index contributed by atoms with van der Waals surface area (Å²) < 4.78 is 1.42. The summed E-state index contributed by atoms with van der Waals surface area (Å²) in [7, 11) is 0. The summed E-state index contributed by atoms with van der Waals surface area (Å²) in [6.07, 6.45) is 0. The van der Waals surface area contributed by atoms with Crippen molar-refractivity contribution in [2.45, 2.75) is 34.6 Å². The third-order valence-corrected chi connectivity index (χ3v) is 4.53. The molecule has 0 saturated heterocycles. The maximum absolute atomic E-state index is 2.44. The molecule has 0 aliphatic rings. The topological polar surface area (TPSA) is 0 Å². The fourth-order valence-corrected chi connectivity index (χ4v) is 2.26. The second-order valence-corrected chi connectivity index (χ2v) is 4.52. The maximum atomic E-state index is 2.44. The second-order valence-electron chi connectivity index (χ2n) is 3.44. The average Bonchev–Trinajstić information content (AvgIpc) is 2.08. The molecule has 0 heterocycles. The SMILES string of the molecule is Cc1c(C)c(C)c([XeH])c(C)c1C. The first-order valence-corrected chi connectivity index (χ1v) is 5.27. The van der Waals surface area contributed by atoms with Gasteiger partial charge in [0.2, 0.25) is 0 Å². The van der Waals surface area contributed by atoms with Crippen molar-refractivity contribution >= 4 is 0.0314 Å². The van der Waals surface area contributed by atoms with Crippen molar-refractivity contribution in [3.63, 3.8) is 0 Å². The normalized spacial score (nSPS) is 10.6. The van der Waals surface area contributed by atoms with Crippen molar-refractivity contribution < 1.29 is 46.5 Å². The Morgan fingerprint density at radius 2 is 0.833 bits per heavy atom. The van der Waals surface area contributed by atoms with E-state index in [9.17, 15) is 0 Å². The molecule has 0 N–H and O–H groups in total. The van der Waals surface area contributed by atoms with Crippen molar-refractivity contribution in [2.75, 3.05) is 0 Å². The molecule has 1 heteroatoms. The molecule has 68 valence electrons. The summed E-state index contributed by atoms with van der Waals surface area (Å²) in [5, 5.41) is 0. The molecule has 1 rings (SSSR count). The zero-order valence-electron chi connectivity index (χ0n) is 8.38. The van der Waals surface area contributed by atoms with Crippen LogP contribution in [0.3, 0.4) is 0 Å². The monoisotopic (exact) mass is 280 g/mol. The van der Waals surface area contributed by atoms with Gasteiger partial charge in [0.15, 0.2) is 0 Å². The zero-order valence-corrected chi connectivity index (χ0v) is 10.5. The van der Waals surface area contributed by atoms with Gasteiger partial charge in [-0.1, -0.05) is 0 Å². The summed E-state index contributed by atoms with van der Waals surface area (Å²) in [6, 6.07) is 0. The summed E-state index contributed by atoms with van der Waals surface area (Å²) in [4.78, 5) is 0. The van der Waals surface area contributed by atoms with Crippen LogP contribution in [-0.2, 0) is 0 Å². The van der Waals surface area contributed by atoms with Gasteiger partial charge < -0.3 is 0 Å². The molecule has 0 nitrogen and oxygen atoms in total. The van der Waals surface area contributed by atoms with Gasteiger partial charge in [-0.2, -0.15) is 0 Å². The second kappa shape index (κ2) is 3.89. The van der Waals surface area contributed by atoms with Crippen LogP contribution in [0.1, 0.15) is 27.8 Å². The van der Waals surface area contributed by atoms with Crippen LogP contribution in [0.2, 0.25) is 0 Å². The predicted molar refractivity (Wildman–Crippen MR) is 51.2 cm³/mol. The van der Waals surface area contributed by atoms with Gasteiger partial charge in [-0.3, -0.25) is 0 Å². The van der Waals surface area contributed by atoms with Gasteiger partial charge >= 0.3 is 109 Å². The molecule has 0 amide bonds. The molecule has 0 fully saturated rings. The van der Waals surface area contributed by atoms with Crippen LogP contribution in [0.4, 0.5) is 0 Å². The Morgan fingerprint density at radius 1 is 0.583 bits per heavy atom. The molecule has 0 bridgehead atoms. The Labute approximate surface area is 107 Å². The Kier molecular flexibility index (Phi) is 3.52. The molecular formula is C11H16Xe. The van der Waals surface area contributed by atoms with E-state index in [0.29, 0.717) is 0 Å². The van der Waals surface area contributed by atoms with Crippen LogP contribution in [0, 0.1) is 81.2 Å². The van der Waals surface area contributed by atoms with E-state index in [2.05, 4.69) is 81.2 Å². The van der Waals surface area contributed by atoms with Crippen molar-refractivity contribution in [1.82, 2.24) is 0 Å². The van der Waals surface area contributed by atoms with E-state index in [0.717, 1.165) is 0 Å². The molecule has 1 aromatic carbocycles. The third-order valence-electron chi connectivity index (χ3n) is 2.91. The molecule has 0 aromatic heterocycles. The van der Waals surface area contributed by atoms with Crippen molar-refractivity contribution in [1.29, 1.82) is 0 Å². The Hall–Kier alpha value is 0.791. The first-order valence-electron chi connectivity index (χ1n) is 4.19. The van der Waals surface area contributed by atoms with Crippen LogP contribution >= 0.6 is 0 Å². The van der Waals surface area contributed by atoms with E-state index in [4.69, 9.17) is 0 Å². The molecule has 0 atom stereocenters. The molecule has 0 spiro atoms. The first-order chi connectivity index (χ1) is 5.46. The van der Waals surface area contributed by atoms with Gasteiger partial charge in [0.1, 0.15) is 0 Å². The zero-order chi connectivity index (χ0) is 9.46. The van der Waals surface area contributed by atoms with Gasteiger partial charge in [0.25, 0.3) is 0 Å². The molecule has 0 unspecified atom stereocenters. The minimum atomic E-state index is 1.42. The minimum absolute atomic E-state index is 1.42. The molecule has 1 aromatic rings. The molecule has 12 heavy (non-hydrogen) atoms. The summed E-state index contributed by atoms with van der Waals surface area (Å²) in [5.74, 6) is 0. The van der Waals surface area contributed by atoms with E-state index >= 15 is 0 Å². The fraction of sp³-hybridized carbons (Fsp3) is 0.455. The van der Waals surface area contributed by atoms with Crippen LogP contribution in [0.5, 0.6) is 0 Å². The van der Waals surface area contributed by atoms with E-state index < -0.39 is 0 Å². The van der Waals surface area contributed by atoms with E-state index in [1.54, 1.807) is 0 Å². The quantitative estimate of drug-likeness (QED) is 0.682. The standard InChI is InChI=1S/C11H16Xe/c1-6-7(2)9(4)11(12)10(5)8(6)3/h12H,1-5H3. The molecular weight excluding hydrogens is 263 g/mol. The predicted octanol–water partition coefficient (Wildman–Crippen LogP) is 2.14. The van der Waals surface area contributed by atoms with Crippen LogP contribution in [0.25, 0.3) is 0 Å². The Balaban J connectivity index is 3.60. The van der Waals surface area contributed by atoms with Gasteiger partial charge in [-0.05, 0) is 0 Å². The summed E-state index contributed by atoms with van der Waals surface area (Å²) >= 11 is 2.44. The van der Waals surface area contributed by atoms with Crippen molar-refractivity contribution in [3.8, 4) is 0 Å². The van der Waals surface area contributed by atoms with E-state index in [1.165, 1.54) is 27.8 Å². The van der Waals surface area contributed by atoms with Crippen molar-refractivity contribution in [2.24, 2.45) is 0 Å². The first kappa shape index (κ1) is 10.9. The summed E-state index contributed by atoms with van der Waals surface area (Å²) in [6.45, 7) is 11.0. The summed E-state index contributed by atoms with van der Waals surface area (Å²) in [5.41, 5.74) is 7.22. The number of hydrogen-bond acceptors (Lipinski definition) is 0. The fourth-order valence-electron chi connectivity index (χ4n) is 1.45. The van der Waals surface area contributed by atoms with Gasteiger partial charge in [0.05, 0.1) is 0 Å². The van der Waals surface area contributed by atoms with Crippen molar-refractivity contribution in [3.05, 3.63) is 27.8 Å².